The second-order valence-corrected chi connectivity index (χ2v) is 27.1. The number of amides is 2. The van der Waals surface area contributed by atoms with Crippen LogP contribution in [0, 0.1) is 0 Å². The van der Waals surface area contributed by atoms with E-state index in [2.05, 4.69) is 20.6 Å². The van der Waals surface area contributed by atoms with Gasteiger partial charge in [-0.3, -0.25) is 14.4 Å². The maximum absolute atomic E-state index is 13.6. The van der Waals surface area contributed by atoms with Crippen LogP contribution in [0.25, 0.3) is 44.3 Å². The zero-order chi connectivity index (χ0) is 62.6. The Morgan fingerprint density at radius 2 is 0.978 bits per heavy atom. The van der Waals surface area contributed by atoms with Crippen LogP contribution >= 0.6 is 23.2 Å². The number of nitrogens with one attached hydrogen (secondary N) is 2. The summed E-state index contributed by atoms with van der Waals surface area (Å²) >= 11 is 13.2. The number of likely N-dealkylation sites (tertiary alicyclic amines) is 2. The lowest BCUT2D eigenvalue weighted by Crippen LogP contribution is -2.45. The van der Waals surface area contributed by atoms with E-state index in [1.165, 1.54) is 20.3 Å². The maximum Gasteiger partial charge on any atom is 0.310 e. The van der Waals surface area contributed by atoms with Crippen LogP contribution in [0.3, 0.4) is 0 Å². The van der Waals surface area contributed by atoms with Crippen molar-refractivity contribution in [3.63, 3.8) is 0 Å². The van der Waals surface area contributed by atoms with Crippen molar-refractivity contribution in [2.24, 2.45) is 0 Å². The number of halogens is 2. The number of benzene rings is 6. The topological polar surface area (TPSA) is 247 Å². The molecule has 2 atom stereocenters. The number of carbonyl (C=O) groups is 3. The highest BCUT2D eigenvalue weighted by molar-refractivity contribution is 7.90. The van der Waals surface area contributed by atoms with Gasteiger partial charge in [0.25, 0.3) is 31.9 Å². The highest BCUT2D eigenvalue weighted by Gasteiger charge is 2.30. The van der Waals surface area contributed by atoms with Gasteiger partial charge in [-0.15, -0.1) is 0 Å². The van der Waals surface area contributed by atoms with Crippen molar-refractivity contribution in [2.45, 2.75) is 80.4 Å². The number of hydrogen-bond acceptors (Lipinski definition) is 15. The molecule has 0 bridgehead atoms. The molecule has 0 radical (unpaired) electrons. The minimum absolute atomic E-state index is 0.0540. The Kier molecular flexibility index (Phi) is 17.9. The van der Waals surface area contributed by atoms with Gasteiger partial charge in [0.15, 0.2) is 0 Å². The molecule has 2 amide bonds. The van der Waals surface area contributed by atoms with Crippen molar-refractivity contribution in [3.8, 4) is 22.5 Å². The molecule has 2 unspecified atom stereocenters. The van der Waals surface area contributed by atoms with Gasteiger partial charge >= 0.3 is 5.97 Å². The number of esters is 1. The minimum atomic E-state index is -3.89. The summed E-state index contributed by atoms with van der Waals surface area (Å²) < 4.78 is 62.3. The number of nitrogens with zero attached hydrogens (tertiary/aromatic N) is 8. The number of para-hydroxylation sites is 2. The van der Waals surface area contributed by atoms with E-state index in [-0.39, 0.29) is 51.1 Å². The van der Waals surface area contributed by atoms with Crippen molar-refractivity contribution in [1.29, 1.82) is 0 Å². The van der Waals surface area contributed by atoms with Crippen molar-refractivity contribution >= 4 is 100 Å². The smallest absolute Gasteiger partial charge is 0.310 e. The maximum atomic E-state index is 13.6. The van der Waals surface area contributed by atoms with Crippen LogP contribution in [-0.2, 0) is 36.0 Å². The first kappa shape index (κ1) is 61.5. The summed E-state index contributed by atoms with van der Waals surface area (Å²) in [6.45, 7) is 7.67. The Bertz CT molecular complexity index is 4490. The van der Waals surface area contributed by atoms with E-state index in [9.17, 15) is 31.2 Å². The number of aromatic nitrogens is 6. The van der Waals surface area contributed by atoms with E-state index >= 15 is 0 Å². The molecule has 2 saturated heterocycles. The lowest BCUT2D eigenvalue weighted by Gasteiger charge is -2.33. The van der Waals surface area contributed by atoms with Gasteiger partial charge in [-0.05, 0) is 125 Å². The number of anilines is 3. The van der Waals surface area contributed by atoms with E-state index in [4.69, 9.17) is 43.6 Å². The minimum Gasteiger partial charge on any atom is -0.460 e. The average molecular weight is 1270 g/mol. The largest absolute Gasteiger partial charge is 0.460 e. The van der Waals surface area contributed by atoms with Crippen molar-refractivity contribution in [3.05, 3.63) is 209 Å². The number of ether oxygens (including phenoxy) is 1. The van der Waals surface area contributed by atoms with E-state index < -0.39 is 25.6 Å². The molecule has 6 aromatic carbocycles. The first-order chi connectivity index (χ1) is 42.7. The zero-order valence-electron chi connectivity index (χ0n) is 48.8. The molecule has 6 heterocycles. The Hall–Kier alpha value is -9.15. The van der Waals surface area contributed by atoms with Gasteiger partial charge < -0.3 is 30.9 Å². The van der Waals surface area contributed by atoms with Crippen LogP contribution < -0.4 is 16.4 Å². The predicted molar refractivity (Wildman–Crippen MR) is 346 cm³/mol. The molecule has 456 valence electrons. The van der Waals surface area contributed by atoms with E-state index in [0.717, 1.165) is 31.2 Å². The lowest BCUT2D eigenvalue weighted by atomic mass is 10.0. The van der Waals surface area contributed by atoms with Crippen LogP contribution in [0.5, 0.6) is 0 Å². The molecule has 4 aromatic heterocycles. The number of rotatable bonds is 14. The van der Waals surface area contributed by atoms with Crippen molar-refractivity contribution < 1.29 is 36.0 Å². The van der Waals surface area contributed by atoms with E-state index in [1.54, 1.807) is 151 Å². The van der Waals surface area contributed by atoms with E-state index in [1.807, 2.05) is 49.9 Å². The van der Waals surface area contributed by atoms with Gasteiger partial charge in [-0.2, -0.15) is 0 Å². The van der Waals surface area contributed by atoms with Crippen LogP contribution in [0.4, 0.5) is 17.6 Å². The fourth-order valence-electron chi connectivity index (χ4n) is 11.0. The Morgan fingerprint density at radius 3 is 1.40 bits per heavy atom. The summed E-state index contributed by atoms with van der Waals surface area (Å²) in [6, 6.07) is 44.7. The van der Waals surface area contributed by atoms with Crippen LogP contribution in [0.1, 0.15) is 72.7 Å². The fourth-order valence-corrected chi connectivity index (χ4v) is 14.1. The molecule has 19 nitrogen and oxygen atoms in total. The van der Waals surface area contributed by atoms with Crippen LogP contribution in [0.2, 0.25) is 10.0 Å². The van der Waals surface area contributed by atoms with Gasteiger partial charge in [-0.25, -0.2) is 44.7 Å². The second-order valence-electron chi connectivity index (χ2n) is 22.7. The molecule has 12 rings (SSSR count). The summed E-state index contributed by atoms with van der Waals surface area (Å²) in [5.74, 6) is 0.195. The summed E-state index contributed by atoms with van der Waals surface area (Å²) in [5, 5.41) is 8.65. The molecule has 0 saturated carbocycles. The molecule has 2 aliphatic rings. The summed E-state index contributed by atoms with van der Waals surface area (Å²) in [7, 11) is -7.76. The quantitative estimate of drug-likeness (QED) is 0.0677. The molecule has 2 aliphatic heterocycles. The summed E-state index contributed by atoms with van der Waals surface area (Å²) in [4.78, 5) is 60.9. The molecular formula is C66H63Cl2N11O8S2. The van der Waals surface area contributed by atoms with E-state index in [0.29, 0.717) is 104 Å². The van der Waals surface area contributed by atoms with Gasteiger partial charge in [0.2, 0.25) is 11.9 Å². The van der Waals surface area contributed by atoms with Crippen LogP contribution in [-0.4, -0.2) is 116 Å². The van der Waals surface area contributed by atoms with Crippen molar-refractivity contribution in [1.82, 2.24) is 37.7 Å². The van der Waals surface area contributed by atoms with Gasteiger partial charge in [0.1, 0.15) is 5.60 Å². The molecule has 0 aliphatic carbocycles. The second kappa shape index (κ2) is 25.9. The summed E-state index contributed by atoms with van der Waals surface area (Å²) in [5.41, 5.74) is 10.7. The Morgan fingerprint density at radius 1 is 0.573 bits per heavy atom. The number of carbonyl (C=O) groups excluding carboxylic acids is 3. The molecule has 89 heavy (non-hydrogen) atoms. The molecule has 23 heteroatoms. The Balaban J connectivity index is 0.000000186. The molecule has 0 spiro atoms. The number of nitrogens with two attached hydrogens (primary N) is 1. The monoisotopic (exact) mass is 1270 g/mol. The summed E-state index contributed by atoms with van der Waals surface area (Å²) in [6.07, 6.45) is 9.47. The Labute approximate surface area is 525 Å². The third-order valence-corrected chi connectivity index (χ3v) is 19.1. The molecular weight excluding hydrogens is 1210 g/mol. The molecule has 4 N–H and O–H groups in total. The van der Waals surface area contributed by atoms with Gasteiger partial charge in [0, 0.05) is 89.4 Å². The zero-order valence-corrected chi connectivity index (χ0v) is 52.0. The normalized spacial score (nSPS) is 15.5. The first-order valence-corrected chi connectivity index (χ1v) is 32.5. The standard InChI is InChI=1S/C36H36ClN5O5S.C30H27ClN6O3S/c1-36(2,3)47-32(43)20-24-15-17-25(18-16-24)34(44)41-19-9-10-26(22-41)39-35-38-21-30(37)33(40-35)29-23-42(31-14-8-7-13-28(29)31)48(45,46)27-11-5-4-6-12-27;31-26-17-33-30(34-22-7-6-16-36(18-22)29(38)20-12-14-21(32)15-13-20)35-28(26)25-19-37(27-11-5-4-10-24(25)27)41(39,40)23-8-2-1-3-9-23/h4-8,11-18,21,23,26H,9-10,19-20,22H2,1-3H3,(H,38,39,40);1-5,8-15,17,19,22H,6-7,16,18,32H2,(H,33,34,35). The number of piperidine rings is 2. The third kappa shape index (κ3) is 13.8. The highest BCUT2D eigenvalue weighted by atomic mass is 35.5. The first-order valence-electron chi connectivity index (χ1n) is 28.9. The lowest BCUT2D eigenvalue weighted by molar-refractivity contribution is -0.153. The average Bonchev–Trinajstić information content (AvgIpc) is 1.67. The number of fused-ring (bicyclic) bond motifs is 2. The third-order valence-electron chi connectivity index (χ3n) is 15.2. The van der Waals surface area contributed by atoms with Crippen molar-refractivity contribution in [2.75, 3.05) is 42.5 Å². The number of hydrogen-bond donors (Lipinski definition) is 3. The van der Waals surface area contributed by atoms with Gasteiger partial charge in [0.05, 0.1) is 61.1 Å². The predicted octanol–water partition coefficient (Wildman–Crippen LogP) is 11.9. The SMILES string of the molecule is CC(C)(C)OC(=O)Cc1ccc(C(=O)N2CCCC(Nc3ncc(Cl)c(-c4cn(S(=O)(=O)c5ccccc5)c5ccccc45)n3)C2)cc1.Nc1ccc(C(=O)N2CCCC(Nc3ncc(Cl)c(-c4cn(S(=O)(=O)c5ccccc5)c5ccccc45)n3)C2)cc1. The molecule has 2 fully saturated rings. The fraction of sp³-hybridized carbons (Fsp3) is 0.227. The van der Waals surface area contributed by atoms with Crippen LogP contribution in [0.15, 0.2) is 192 Å². The highest BCUT2D eigenvalue weighted by Crippen LogP contribution is 2.38. The van der Waals surface area contributed by atoms with Gasteiger partial charge in [-0.1, -0.05) is 108 Å². The number of nitrogen functional groups attached to an aromatic ring is 1. The molecule has 10 aromatic rings.